The maximum Gasteiger partial charge on any atom is 0.332 e. The van der Waals surface area contributed by atoms with E-state index in [0.29, 0.717) is 17.7 Å². The molecule has 0 fully saturated rings. The molecule has 1 unspecified atom stereocenters. The maximum atomic E-state index is 12.7. The van der Waals surface area contributed by atoms with Gasteiger partial charge in [-0.25, -0.2) is 9.78 Å². The van der Waals surface area contributed by atoms with Crippen molar-refractivity contribution < 1.29 is 17.3 Å². The molecule has 0 saturated carbocycles. The molecule has 0 amide bonds. The van der Waals surface area contributed by atoms with Crippen LogP contribution in [0.1, 0.15) is 11.1 Å². The molecule has 2 aromatic heterocycles. The number of aryl methyl sites for hydroxylation is 1. The molecule has 0 saturated heterocycles. The molecule has 4 rings (SSSR count). The first-order valence-electron chi connectivity index (χ1n) is 10.7. The van der Waals surface area contributed by atoms with Gasteiger partial charge in [0.1, 0.15) is 6.54 Å². The van der Waals surface area contributed by atoms with Gasteiger partial charge in [-0.3, -0.25) is 13.9 Å². The Kier molecular flexibility index (Phi) is 8.03. The van der Waals surface area contributed by atoms with Crippen molar-refractivity contribution in [3.05, 3.63) is 105 Å². The number of hydrogen-bond donors (Lipinski definition) is 1. The topological polar surface area (TPSA) is 66.3 Å². The Hall–Kier alpha value is -3.42. The average molecular weight is 466 g/mol. The summed E-state index contributed by atoms with van der Waals surface area (Å²) in [7, 11) is 3.14. The summed E-state index contributed by atoms with van der Waals surface area (Å²) in [5.41, 5.74) is 2.66. The van der Waals surface area contributed by atoms with Crippen LogP contribution in [0.4, 0.5) is 0 Å². The maximum absolute atomic E-state index is 12.7. The van der Waals surface area contributed by atoms with E-state index in [4.69, 9.17) is 0 Å². The summed E-state index contributed by atoms with van der Waals surface area (Å²) in [6.45, 7) is 3.17. The Bertz CT molecular complexity index is 1340. The first kappa shape index (κ1) is 24.2. The zero-order valence-corrected chi connectivity index (χ0v) is 19.6. The molecule has 0 aliphatic heterocycles. The minimum Gasteiger partial charge on any atom is -1.00 e. The lowest BCUT2D eigenvalue weighted by Crippen LogP contribution is -3.10. The second-order valence-corrected chi connectivity index (χ2v) is 8.00. The first-order valence-corrected chi connectivity index (χ1v) is 10.7. The Morgan fingerprint density at radius 2 is 1.61 bits per heavy atom. The van der Waals surface area contributed by atoms with Crippen LogP contribution in [-0.2, 0) is 27.2 Å². The van der Waals surface area contributed by atoms with Crippen LogP contribution < -0.4 is 28.6 Å². The predicted molar refractivity (Wildman–Crippen MR) is 127 cm³/mol. The number of fused-ring (bicyclic) bond motifs is 1. The Morgan fingerprint density at radius 1 is 0.939 bits per heavy atom. The van der Waals surface area contributed by atoms with Crippen molar-refractivity contribution in [3.63, 3.8) is 0 Å². The van der Waals surface area contributed by atoms with E-state index in [0.717, 1.165) is 24.2 Å². The van der Waals surface area contributed by atoms with Crippen LogP contribution in [-0.4, -0.2) is 31.8 Å². The van der Waals surface area contributed by atoms with E-state index in [9.17, 15) is 9.59 Å². The van der Waals surface area contributed by atoms with Crippen molar-refractivity contribution in [3.8, 4) is 0 Å². The second kappa shape index (κ2) is 10.9. The van der Waals surface area contributed by atoms with Crippen molar-refractivity contribution >= 4 is 17.2 Å². The molecule has 0 radical (unpaired) electrons. The monoisotopic (exact) mass is 465 g/mol. The Balaban J connectivity index is 0.00000306. The largest absolute Gasteiger partial charge is 1.00 e. The number of nitrogens with one attached hydrogen (secondary N) is 1. The molecular formula is C25H28ClN5O2. The molecule has 0 spiro atoms. The summed E-state index contributed by atoms with van der Waals surface area (Å²) in [5, 5.41) is 0. The van der Waals surface area contributed by atoms with Crippen LogP contribution in [0.3, 0.4) is 0 Å². The fourth-order valence-corrected chi connectivity index (χ4v) is 3.92. The molecule has 2 heterocycles. The van der Waals surface area contributed by atoms with Crippen LogP contribution in [0.25, 0.3) is 17.2 Å². The average Bonchev–Trinajstić information content (AvgIpc) is 3.25. The fraction of sp³-hybridized carbons (Fsp3) is 0.240. The van der Waals surface area contributed by atoms with E-state index in [-0.39, 0.29) is 23.7 Å². The number of imidazole rings is 1. The zero-order chi connectivity index (χ0) is 22.5. The van der Waals surface area contributed by atoms with E-state index in [1.165, 1.54) is 27.6 Å². The molecule has 0 aliphatic carbocycles. The van der Waals surface area contributed by atoms with Crippen LogP contribution in [0.2, 0.25) is 0 Å². The number of nitrogens with zero attached hydrogens (tertiary/aromatic N) is 4. The second-order valence-electron chi connectivity index (χ2n) is 8.00. The van der Waals surface area contributed by atoms with E-state index in [1.807, 2.05) is 28.8 Å². The SMILES string of the molecule is Cn1c(=O)c2c(ncn2CC[NH+](C/C=C/c2ccccc2)Cc2ccccc2)n(C)c1=O.[Cl-]. The summed E-state index contributed by atoms with van der Waals surface area (Å²) in [6, 6.07) is 20.7. The molecule has 8 heteroatoms. The van der Waals surface area contributed by atoms with Gasteiger partial charge in [0.2, 0.25) is 0 Å². The summed E-state index contributed by atoms with van der Waals surface area (Å²) < 4.78 is 4.42. The van der Waals surface area contributed by atoms with Gasteiger partial charge < -0.3 is 21.9 Å². The lowest BCUT2D eigenvalue weighted by molar-refractivity contribution is -0.908. The van der Waals surface area contributed by atoms with Gasteiger partial charge >= 0.3 is 5.69 Å². The third-order valence-electron chi connectivity index (χ3n) is 5.74. The van der Waals surface area contributed by atoms with E-state index >= 15 is 0 Å². The normalized spacial score (nSPS) is 12.2. The summed E-state index contributed by atoms with van der Waals surface area (Å²) in [6.07, 6.45) is 6.00. The molecule has 0 bridgehead atoms. The lowest BCUT2D eigenvalue weighted by atomic mass is 10.2. The molecular weight excluding hydrogens is 438 g/mol. The van der Waals surface area contributed by atoms with Crippen molar-refractivity contribution in [1.29, 1.82) is 0 Å². The van der Waals surface area contributed by atoms with Gasteiger partial charge in [0.05, 0.1) is 26.0 Å². The smallest absolute Gasteiger partial charge is 0.332 e. The standard InChI is InChI=1S/C25H27N5O2.ClH/c1-27-23-22(24(31)28(2)25(27)32)30(19-26-23)17-16-29(18-21-12-7-4-8-13-21)15-9-14-20-10-5-3-6-11-20;/h3-14,19H,15-18H2,1-2H3;1H/b14-9+;. The van der Waals surface area contributed by atoms with Crippen molar-refractivity contribution in [2.75, 3.05) is 13.1 Å². The molecule has 0 aliphatic rings. The molecule has 2 aromatic carbocycles. The highest BCUT2D eigenvalue weighted by atomic mass is 35.5. The van der Waals surface area contributed by atoms with E-state index in [2.05, 4.69) is 53.5 Å². The molecule has 4 aromatic rings. The van der Waals surface area contributed by atoms with Gasteiger partial charge in [-0.1, -0.05) is 66.7 Å². The number of hydrogen-bond acceptors (Lipinski definition) is 3. The van der Waals surface area contributed by atoms with Crippen LogP contribution >= 0.6 is 0 Å². The number of rotatable bonds is 8. The third kappa shape index (κ3) is 5.50. The van der Waals surface area contributed by atoms with Crippen LogP contribution in [0, 0.1) is 0 Å². The number of benzene rings is 2. The highest BCUT2D eigenvalue weighted by molar-refractivity contribution is 5.69. The lowest BCUT2D eigenvalue weighted by Gasteiger charge is -2.18. The van der Waals surface area contributed by atoms with Gasteiger partial charge in [0.15, 0.2) is 11.2 Å². The Morgan fingerprint density at radius 3 is 2.30 bits per heavy atom. The van der Waals surface area contributed by atoms with Gasteiger partial charge in [0, 0.05) is 19.7 Å². The van der Waals surface area contributed by atoms with Gasteiger partial charge in [-0.2, -0.15) is 0 Å². The zero-order valence-electron chi connectivity index (χ0n) is 18.8. The van der Waals surface area contributed by atoms with E-state index < -0.39 is 0 Å². The number of quaternary nitrogens is 1. The third-order valence-corrected chi connectivity index (χ3v) is 5.74. The summed E-state index contributed by atoms with van der Waals surface area (Å²) in [5.74, 6) is 0. The highest BCUT2D eigenvalue weighted by Gasteiger charge is 2.16. The van der Waals surface area contributed by atoms with Gasteiger partial charge in [0.25, 0.3) is 5.56 Å². The summed E-state index contributed by atoms with van der Waals surface area (Å²) in [4.78, 5) is 30.6. The van der Waals surface area contributed by atoms with E-state index in [1.54, 1.807) is 13.4 Å². The minimum atomic E-state index is -0.366. The molecule has 1 atom stereocenters. The predicted octanol–water partition coefficient (Wildman–Crippen LogP) is -1.76. The minimum absolute atomic E-state index is 0. The van der Waals surface area contributed by atoms with Gasteiger partial charge in [-0.15, -0.1) is 0 Å². The Labute approximate surface area is 198 Å². The van der Waals surface area contributed by atoms with Crippen molar-refractivity contribution in [2.24, 2.45) is 14.1 Å². The molecule has 1 N–H and O–H groups in total. The first-order chi connectivity index (χ1) is 15.5. The number of aromatic nitrogens is 4. The fourth-order valence-electron chi connectivity index (χ4n) is 3.92. The summed E-state index contributed by atoms with van der Waals surface area (Å²) >= 11 is 0. The van der Waals surface area contributed by atoms with Crippen LogP contribution in [0.5, 0.6) is 0 Å². The highest BCUT2D eigenvalue weighted by Crippen LogP contribution is 2.05. The molecule has 7 nitrogen and oxygen atoms in total. The number of halogens is 1. The molecule has 33 heavy (non-hydrogen) atoms. The quantitative estimate of drug-likeness (QED) is 0.335. The van der Waals surface area contributed by atoms with Gasteiger partial charge in [-0.05, 0) is 11.6 Å². The van der Waals surface area contributed by atoms with Crippen molar-refractivity contribution in [2.45, 2.75) is 13.1 Å². The van der Waals surface area contributed by atoms with Crippen LogP contribution in [0.15, 0.2) is 82.7 Å². The van der Waals surface area contributed by atoms with Crippen molar-refractivity contribution in [1.82, 2.24) is 18.7 Å². The molecule has 172 valence electrons.